The van der Waals surface area contributed by atoms with Gasteiger partial charge in [0.15, 0.2) is 11.6 Å². The van der Waals surface area contributed by atoms with Gasteiger partial charge in [-0.05, 0) is 24.3 Å². The van der Waals surface area contributed by atoms with E-state index in [-0.39, 0.29) is 37.5 Å². The zero-order valence-corrected chi connectivity index (χ0v) is 13.8. The van der Waals surface area contributed by atoms with E-state index in [1.54, 1.807) is 36.4 Å². The summed E-state index contributed by atoms with van der Waals surface area (Å²) in [7, 11) is 0. The number of ether oxygens (including phenoxy) is 2. The van der Waals surface area contributed by atoms with E-state index >= 15 is 0 Å². The van der Waals surface area contributed by atoms with Gasteiger partial charge in [-0.1, -0.05) is 29.5 Å². The highest BCUT2D eigenvalue weighted by atomic mass is 19.1. The number of carbonyl (C=O) groups is 1. The fourth-order valence-electron chi connectivity index (χ4n) is 2.31. The van der Waals surface area contributed by atoms with Gasteiger partial charge in [-0.25, -0.2) is 9.07 Å². The van der Waals surface area contributed by atoms with Gasteiger partial charge in [0.25, 0.3) is 5.56 Å². The lowest BCUT2D eigenvalue weighted by atomic mass is 10.2. The van der Waals surface area contributed by atoms with Crippen molar-refractivity contribution in [1.82, 2.24) is 15.0 Å². The predicted molar refractivity (Wildman–Crippen MR) is 91.3 cm³/mol. The van der Waals surface area contributed by atoms with E-state index in [9.17, 15) is 14.0 Å². The van der Waals surface area contributed by atoms with Crippen LogP contribution in [0.4, 0.5) is 4.39 Å². The molecule has 0 spiro atoms. The maximum atomic E-state index is 13.4. The van der Waals surface area contributed by atoms with Crippen LogP contribution in [-0.4, -0.2) is 34.2 Å². The molecule has 8 heteroatoms. The van der Waals surface area contributed by atoms with Gasteiger partial charge in [-0.2, -0.15) is 0 Å². The number of para-hydroxylation sites is 1. The fraction of sp³-hybridized carbons (Fsp3) is 0.222. The molecule has 2 aromatic carbocycles. The minimum Gasteiger partial charge on any atom is -0.487 e. The first kappa shape index (κ1) is 17.5. The van der Waals surface area contributed by atoms with E-state index in [1.807, 2.05) is 0 Å². The average Bonchev–Trinajstić information content (AvgIpc) is 2.66. The molecule has 0 N–H and O–H groups in total. The number of aryl methyl sites for hydroxylation is 1. The zero-order chi connectivity index (χ0) is 18.4. The lowest BCUT2D eigenvalue weighted by molar-refractivity contribution is -0.144. The first-order valence-corrected chi connectivity index (χ1v) is 8.00. The summed E-state index contributed by atoms with van der Waals surface area (Å²) < 4.78 is 24.7. The molecule has 0 atom stereocenters. The third-order valence-electron chi connectivity index (χ3n) is 3.60. The van der Waals surface area contributed by atoms with Crippen molar-refractivity contribution in [3.63, 3.8) is 0 Å². The molecule has 0 aliphatic carbocycles. The van der Waals surface area contributed by atoms with E-state index in [0.717, 1.165) is 4.68 Å². The van der Waals surface area contributed by atoms with Crippen LogP contribution in [0.15, 0.2) is 53.3 Å². The standard InChI is InChI=1S/C18H16FN3O4/c19-14-6-2-4-8-16(14)25-11-12-26-17(23)9-10-22-18(24)13-5-1-3-7-15(13)20-21-22/h1-8H,9-12H2. The molecule has 3 rings (SSSR count). The summed E-state index contributed by atoms with van der Waals surface area (Å²) >= 11 is 0. The summed E-state index contributed by atoms with van der Waals surface area (Å²) in [6.45, 7) is 0.0670. The maximum absolute atomic E-state index is 13.4. The second kappa shape index (κ2) is 8.19. The number of benzene rings is 2. The largest absolute Gasteiger partial charge is 0.487 e. The highest BCUT2D eigenvalue weighted by Crippen LogP contribution is 2.14. The van der Waals surface area contributed by atoms with Crippen LogP contribution in [0.25, 0.3) is 10.9 Å². The average molecular weight is 357 g/mol. The summed E-state index contributed by atoms with van der Waals surface area (Å²) in [4.78, 5) is 24.0. The van der Waals surface area contributed by atoms with Gasteiger partial charge in [0.2, 0.25) is 0 Å². The van der Waals surface area contributed by atoms with Crippen LogP contribution >= 0.6 is 0 Å². The van der Waals surface area contributed by atoms with Crippen molar-refractivity contribution in [3.8, 4) is 5.75 Å². The van der Waals surface area contributed by atoms with Gasteiger partial charge < -0.3 is 9.47 Å². The van der Waals surface area contributed by atoms with Crippen LogP contribution < -0.4 is 10.3 Å². The Morgan fingerprint density at radius 1 is 1.08 bits per heavy atom. The van der Waals surface area contributed by atoms with E-state index in [1.165, 1.54) is 12.1 Å². The predicted octanol–water partition coefficient (Wildman–Crippen LogP) is 1.94. The van der Waals surface area contributed by atoms with E-state index in [4.69, 9.17) is 9.47 Å². The number of nitrogens with zero attached hydrogens (tertiary/aromatic N) is 3. The summed E-state index contributed by atoms with van der Waals surface area (Å²) in [5, 5.41) is 8.19. The summed E-state index contributed by atoms with van der Waals surface area (Å²) in [5.41, 5.74) is 0.188. The fourth-order valence-corrected chi connectivity index (χ4v) is 2.31. The van der Waals surface area contributed by atoms with E-state index in [0.29, 0.717) is 10.9 Å². The molecular weight excluding hydrogens is 341 g/mol. The molecule has 1 aromatic heterocycles. The molecule has 0 radical (unpaired) electrons. The molecule has 134 valence electrons. The minimum atomic E-state index is -0.510. The number of hydrogen-bond acceptors (Lipinski definition) is 6. The molecule has 0 bridgehead atoms. The SMILES string of the molecule is O=C(CCn1nnc2ccccc2c1=O)OCCOc1ccccc1F. The van der Waals surface area contributed by atoms with Crippen LogP contribution in [0.1, 0.15) is 6.42 Å². The Kier molecular flexibility index (Phi) is 5.52. The maximum Gasteiger partial charge on any atom is 0.307 e. The Hall–Kier alpha value is -3.29. The number of halogens is 1. The molecule has 0 saturated heterocycles. The summed E-state index contributed by atoms with van der Waals surface area (Å²) in [5.74, 6) is -0.890. The monoisotopic (exact) mass is 357 g/mol. The minimum absolute atomic E-state index is 0.0224. The molecule has 26 heavy (non-hydrogen) atoms. The summed E-state index contributed by atoms with van der Waals surface area (Å²) in [6.07, 6.45) is -0.0351. The number of fused-ring (bicyclic) bond motifs is 1. The van der Waals surface area contributed by atoms with E-state index in [2.05, 4.69) is 10.3 Å². The van der Waals surface area contributed by atoms with Crippen molar-refractivity contribution in [3.05, 3.63) is 64.7 Å². The first-order chi connectivity index (χ1) is 12.6. The second-order valence-corrected chi connectivity index (χ2v) is 5.38. The quantitative estimate of drug-likeness (QED) is 0.475. The third-order valence-corrected chi connectivity index (χ3v) is 3.60. The third kappa shape index (κ3) is 4.21. The number of rotatable bonds is 7. The topological polar surface area (TPSA) is 83.3 Å². The van der Waals surface area contributed by atoms with Gasteiger partial charge in [0.05, 0.1) is 18.4 Å². The van der Waals surface area contributed by atoms with Gasteiger partial charge >= 0.3 is 5.97 Å². The van der Waals surface area contributed by atoms with Crippen molar-refractivity contribution < 1.29 is 18.7 Å². The molecule has 0 saturated carbocycles. The van der Waals surface area contributed by atoms with Crippen molar-refractivity contribution >= 4 is 16.9 Å². The van der Waals surface area contributed by atoms with E-state index < -0.39 is 11.8 Å². The van der Waals surface area contributed by atoms with Crippen molar-refractivity contribution in [2.24, 2.45) is 0 Å². The van der Waals surface area contributed by atoms with Crippen LogP contribution in [0.2, 0.25) is 0 Å². The second-order valence-electron chi connectivity index (χ2n) is 5.38. The lowest BCUT2D eigenvalue weighted by Crippen LogP contribution is -2.26. The molecule has 0 unspecified atom stereocenters. The molecule has 7 nitrogen and oxygen atoms in total. The highest BCUT2D eigenvalue weighted by Gasteiger charge is 2.09. The smallest absolute Gasteiger partial charge is 0.307 e. The molecule has 0 aliphatic heterocycles. The molecule has 1 heterocycles. The van der Waals surface area contributed by atoms with Crippen LogP contribution in [0.3, 0.4) is 0 Å². The molecule has 0 amide bonds. The van der Waals surface area contributed by atoms with Crippen LogP contribution in [0.5, 0.6) is 5.75 Å². The number of esters is 1. The van der Waals surface area contributed by atoms with Gasteiger partial charge in [-0.3, -0.25) is 9.59 Å². The van der Waals surface area contributed by atoms with Crippen LogP contribution in [-0.2, 0) is 16.1 Å². The number of carbonyl (C=O) groups excluding carboxylic acids is 1. The molecular formula is C18H16FN3O4. The Balaban J connectivity index is 1.46. The normalized spacial score (nSPS) is 10.7. The molecule has 0 fully saturated rings. The zero-order valence-electron chi connectivity index (χ0n) is 13.8. The Morgan fingerprint density at radius 2 is 1.85 bits per heavy atom. The number of hydrogen-bond donors (Lipinski definition) is 0. The number of aromatic nitrogens is 3. The van der Waals surface area contributed by atoms with Crippen LogP contribution in [0, 0.1) is 5.82 Å². The van der Waals surface area contributed by atoms with Gasteiger partial charge in [0.1, 0.15) is 18.7 Å². The lowest BCUT2D eigenvalue weighted by Gasteiger charge is -2.08. The Bertz CT molecular complexity index is 974. The molecule has 0 aliphatic rings. The van der Waals surface area contributed by atoms with Crippen molar-refractivity contribution in [2.75, 3.05) is 13.2 Å². The first-order valence-electron chi connectivity index (χ1n) is 8.00. The van der Waals surface area contributed by atoms with Crippen molar-refractivity contribution in [1.29, 1.82) is 0 Å². The molecule has 3 aromatic rings. The Labute approximate surface area is 148 Å². The van der Waals surface area contributed by atoms with Crippen molar-refractivity contribution in [2.45, 2.75) is 13.0 Å². The Morgan fingerprint density at radius 3 is 2.69 bits per heavy atom. The summed E-state index contributed by atoms with van der Waals surface area (Å²) in [6, 6.07) is 12.8. The highest BCUT2D eigenvalue weighted by molar-refractivity contribution is 5.76. The van der Waals surface area contributed by atoms with Gasteiger partial charge in [-0.15, -0.1) is 5.10 Å². The van der Waals surface area contributed by atoms with Gasteiger partial charge in [0, 0.05) is 0 Å².